The molecule has 5 nitrogen and oxygen atoms in total. The molecule has 0 unspecified atom stereocenters. The molecule has 0 saturated carbocycles. The fourth-order valence-corrected chi connectivity index (χ4v) is 10.8. The number of hydrogen-bond donors (Lipinski definition) is 0. The van der Waals surface area contributed by atoms with Crippen molar-refractivity contribution in [2.24, 2.45) is 0 Å². The molecule has 0 spiro atoms. The first-order valence-electron chi connectivity index (χ1n) is 19.3. The summed E-state index contributed by atoms with van der Waals surface area (Å²) in [5.74, 6) is 1.53. The molecule has 0 N–H and O–H groups in total. The number of rotatable bonds is 6. The van der Waals surface area contributed by atoms with Crippen LogP contribution in [0.15, 0.2) is 182 Å². The molecule has 278 valence electrons. The van der Waals surface area contributed by atoms with E-state index >= 15 is 0 Å². The zero-order chi connectivity index (χ0) is 38.9. The van der Waals surface area contributed by atoms with Crippen LogP contribution in [0.25, 0.3) is 84.6 Å². The predicted octanol–water partition coefficient (Wildman–Crippen LogP) is 15.4. The van der Waals surface area contributed by atoms with E-state index in [9.17, 15) is 0 Å². The first-order chi connectivity index (χ1) is 29.2. The standard InChI is InChI=1S/C51H30N4OS3/c1-3-9-31(10-4-1)34-17-23-40-47(29-34)58-50(53-40)36-19-25-42-44(27-36)56-45-28-37(51-54-41-24-18-35(30-48(41)59-51)32-11-5-2-6-12-32)20-26-43(45)55(42)38-21-15-33(16-22-38)49-52-39-13-7-8-14-46(39)57-49/h1-30H. The fraction of sp³-hybridized carbons (Fsp3) is 0. The molecule has 0 saturated heterocycles. The third kappa shape index (κ3) is 6.08. The molecule has 0 fully saturated rings. The minimum atomic E-state index is 0.767. The van der Waals surface area contributed by atoms with Gasteiger partial charge >= 0.3 is 0 Å². The number of ether oxygens (including phenoxy) is 1. The highest BCUT2D eigenvalue weighted by molar-refractivity contribution is 7.22. The Labute approximate surface area is 351 Å². The number of thiazole rings is 3. The lowest BCUT2D eigenvalue weighted by atomic mass is 10.1. The van der Waals surface area contributed by atoms with Crippen molar-refractivity contribution in [3.05, 3.63) is 182 Å². The second kappa shape index (κ2) is 13.9. The Morgan fingerprint density at radius 2 is 0.780 bits per heavy atom. The molecule has 8 aromatic carbocycles. The van der Waals surface area contributed by atoms with Gasteiger partial charge in [-0.25, -0.2) is 15.0 Å². The number of aromatic nitrogens is 3. The zero-order valence-electron chi connectivity index (χ0n) is 31.2. The van der Waals surface area contributed by atoms with Crippen LogP contribution in [-0.4, -0.2) is 15.0 Å². The maximum Gasteiger partial charge on any atom is 0.152 e. The molecule has 11 aromatic rings. The Kier molecular flexibility index (Phi) is 8.01. The summed E-state index contributed by atoms with van der Waals surface area (Å²) >= 11 is 5.12. The Bertz CT molecular complexity index is 3170. The molecule has 4 heterocycles. The van der Waals surface area contributed by atoms with Gasteiger partial charge in [0.15, 0.2) is 11.5 Å². The van der Waals surface area contributed by atoms with Crippen molar-refractivity contribution in [3.63, 3.8) is 0 Å². The molecule has 8 heteroatoms. The summed E-state index contributed by atoms with van der Waals surface area (Å²) in [6.07, 6.45) is 0. The van der Waals surface area contributed by atoms with Gasteiger partial charge in [0.2, 0.25) is 0 Å². The summed E-state index contributed by atoms with van der Waals surface area (Å²) in [6, 6.07) is 63.9. The minimum absolute atomic E-state index is 0.767. The van der Waals surface area contributed by atoms with Crippen molar-refractivity contribution in [1.82, 2.24) is 15.0 Å². The third-order valence-corrected chi connectivity index (χ3v) is 14.0. The van der Waals surface area contributed by atoms with E-state index in [0.717, 1.165) is 86.2 Å². The van der Waals surface area contributed by atoms with Crippen LogP contribution < -0.4 is 9.64 Å². The fourth-order valence-electron chi connectivity index (χ4n) is 7.82. The second-order valence-corrected chi connectivity index (χ2v) is 17.6. The first-order valence-corrected chi connectivity index (χ1v) is 21.8. The molecular formula is C51H30N4OS3. The van der Waals surface area contributed by atoms with Crippen molar-refractivity contribution in [2.45, 2.75) is 0 Å². The number of hydrogen-bond acceptors (Lipinski definition) is 8. The molecule has 59 heavy (non-hydrogen) atoms. The molecule has 0 radical (unpaired) electrons. The highest BCUT2D eigenvalue weighted by Crippen LogP contribution is 2.53. The normalized spacial score (nSPS) is 12.2. The average Bonchev–Trinajstić information content (AvgIpc) is 4.05. The molecule has 1 aliphatic heterocycles. The quantitative estimate of drug-likeness (QED) is 0.167. The number of para-hydroxylation sites is 1. The number of anilines is 3. The third-order valence-electron chi connectivity index (χ3n) is 10.8. The summed E-state index contributed by atoms with van der Waals surface area (Å²) in [4.78, 5) is 17.4. The number of benzene rings is 8. The maximum absolute atomic E-state index is 6.89. The summed E-state index contributed by atoms with van der Waals surface area (Å²) in [6.45, 7) is 0. The van der Waals surface area contributed by atoms with Crippen LogP contribution in [0.2, 0.25) is 0 Å². The molecule has 3 aromatic heterocycles. The van der Waals surface area contributed by atoms with Gasteiger partial charge < -0.3 is 9.64 Å². The van der Waals surface area contributed by atoms with Gasteiger partial charge in [0, 0.05) is 22.4 Å². The van der Waals surface area contributed by atoms with Gasteiger partial charge in [-0.3, -0.25) is 0 Å². The van der Waals surface area contributed by atoms with E-state index in [0.29, 0.717) is 0 Å². The molecule has 0 bridgehead atoms. The molecule has 0 amide bonds. The monoisotopic (exact) mass is 810 g/mol. The van der Waals surface area contributed by atoms with E-state index in [4.69, 9.17) is 19.7 Å². The van der Waals surface area contributed by atoms with Crippen LogP contribution in [-0.2, 0) is 0 Å². The smallest absolute Gasteiger partial charge is 0.152 e. The Morgan fingerprint density at radius 3 is 1.32 bits per heavy atom. The molecular weight excluding hydrogens is 781 g/mol. The predicted molar refractivity (Wildman–Crippen MR) is 248 cm³/mol. The number of nitrogens with zero attached hydrogens (tertiary/aromatic N) is 4. The summed E-state index contributed by atoms with van der Waals surface area (Å²) < 4.78 is 10.4. The van der Waals surface area contributed by atoms with Crippen LogP contribution >= 0.6 is 34.0 Å². The van der Waals surface area contributed by atoms with Crippen LogP contribution in [0.5, 0.6) is 11.5 Å². The minimum Gasteiger partial charge on any atom is -0.453 e. The van der Waals surface area contributed by atoms with E-state index in [1.54, 1.807) is 34.0 Å². The topological polar surface area (TPSA) is 51.1 Å². The van der Waals surface area contributed by atoms with Gasteiger partial charge in [-0.1, -0.05) is 84.9 Å². The van der Waals surface area contributed by atoms with E-state index in [1.807, 2.05) is 18.2 Å². The molecule has 12 rings (SSSR count). The van der Waals surface area contributed by atoms with Crippen LogP contribution in [0.4, 0.5) is 17.1 Å². The largest absolute Gasteiger partial charge is 0.453 e. The van der Waals surface area contributed by atoms with Gasteiger partial charge in [-0.15, -0.1) is 34.0 Å². The van der Waals surface area contributed by atoms with Gasteiger partial charge in [-0.2, -0.15) is 0 Å². The average molecular weight is 811 g/mol. The van der Waals surface area contributed by atoms with Crippen LogP contribution in [0.3, 0.4) is 0 Å². The van der Waals surface area contributed by atoms with Gasteiger partial charge in [0.05, 0.1) is 42.0 Å². The second-order valence-electron chi connectivity index (χ2n) is 14.5. The van der Waals surface area contributed by atoms with Gasteiger partial charge in [0.25, 0.3) is 0 Å². The van der Waals surface area contributed by atoms with E-state index in [2.05, 4.69) is 169 Å². The Balaban J connectivity index is 0.941. The van der Waals surface area contributed by atoms with Crippen LogP contribution in [0, 0.1) is 0 Å². The van der Waals surface area contributed by atoms with E-state index in [-0.39, 0.29) is 0 Å². The lowest BCUT2D eigenvalue weighted by molar-refractivity contribution is 0.477. The lowest BCUT2D eigenvalue weighted by Gasteiger charge is -2.33. The Hall–Kier alpha value is -6.97. The Morgan fingerprint density at radius 1 is 0.339 bits per heavy atom. The summed E-state index contributed by atoms with van der Waals surface area (Å²) in [5, 5.41) is 2.91. The summed E-state index contributed by atoms with van der Waals surface area (Å²) in [7, 11) is 0. The van der Waals surface area contributed by atoms with Gasteiger partial charge in [0.1, 0.15) is 15.0 Å². The van der Waals surface area contributed by atoms with Gasteiger partial charge in [-0.05, 0) is 119 Å². The summed E-state index contributed by atoms with van der Waals surface area (Å²) in [5.41, 5.74) is 13.8. The van der Waals surface area contributed by atoms with Crippen LogP contribution in [0.1, 0.15) is 0 Å². The van der Waals surface area contributed by atoms with Crippen molar-refractivity contribution >= 4 is 81.7 Å². The maximum atomic E-state index is 6.89. The lowest BCUT2D eigenvalue weighted by Crippen LogP contribution is -2.16. The highest BCUT2D eigenvalue weighted by Gasteiger charge is 2.28. The zero-order valence-corrected chi connectivity index (χ0v) is 33.7. The van der Waals surface area contributed by atoms with Crippen molar-refractivity contribution in [3.8, 4) is 65.5 Å². The first kappa shape index (κ1) is 34.1. The molecule has 0 aliphatic carbocycles. The SMILES string of the molecule is c1ccc(-c2ccc3nc(-c4ccc5c(c4)Oc4cc(-c6nc7ccc(-c8ccccc8)cc7s6)ccc4N5c4ccc(-c5nc6ccccc6s5)cc4)sc3c2)cc1. The number of fused-ring (bicyclic) bond motifs is 5. The van der Waals surface area contributed by atoms with Crippen molar-refractivity contribution in [1.29, 1.82) is 0 Å². The van der Waals surface area contributed by atoms with Crippen molar-refractivity contribution < 1.29 is 4.74 Å². The van der Waals surface area contributed by atoms with E-state index < -0.39 is 0 Å². The molecule has 1 aliphatic rings. The molecule has 0 atom stereocenters. The van der Waals surface area contributed by atoms with E-state index in [1.165, 1.54) is 27.0 Å². The highest BCUT2D eigenvalue weighted by atomic mass is 32.1. The van der Waals surface area contributed by atoms with Crippen molar-refractivity contribution in [2.75, 3.05) is 4.90 Å².